The third-order valence-corrected chi connectivity index (χ3v) is 3.16. The number of para-hydroxylation sites is 1. The highest BCUT2D eigenvalue weighted by Gasteiger charge is 2.14. The van der Waals surface area contributed by atoms with Crippen LogP contribution in [0.25, 0.3) is 0 Å². The monoisotopic (exact) mass is 318 g/mol. The lowest BCUT2D eigenvalue weighted by Gasteiger charge is -2.09. The molecule has 0 spiro atoms. The van der Waals surface area contributed by atoms with Crippen molar-refractivity contribution in [2.24, 2.45) is 0 Å². The average Bonchev–Trinajstić information content (AvgIpc) is 2.52. The van der Waals surface area contributed by atoms with Gasteiger partial charge in [0, 0.05) is 22.8 Å². The number of halogens is 1. The fourth-order valence-electron chi connectivity index (χ4n) is 1.86. The molecule has 114 valence electrons. The van der Waals surface area contributed by atoms with Crippen molar-refractivity contribution in [1.82, 2.24) is 5.32 Å². The largest absolute Gasteiger partial charge is 0.496 e. The molecule has 0 atom stereocenters. The maximum absolute atomic E-state index is 11.8. The minimum Gasteiger partial charge on any atom is -0.496 e. The van der Waals surface area contributed by atoms with E-state index in [1.165, 1.54) is 0 Å². The van der Waals surface area contributed by atoms with E-state index in [1.54, 1.807) is 37.4 Å². The predicted octanol–water partition coefficient (Wildman–Crippen LogP) is 2.60. The number of carbonyl (C=O) groups excluding carboxylic acids is 2. The summed E-state index contributed by atoms with van der Waals surface area (Å²) in [5.74, 6) is -0.832. The van der Waals surface area contributed by atoms with Crippen LogP contribution >= 0.6 is 11.6 Å². The summed E-state index contributed by atoms with van der Waals surface area (Å²) in [6, 6.07) is 13.8. The summed E-state index contributed by atoms with van der Waals surface area (Å²) in [4.78, 5) is 23.6. The zero-order valence-electron chi connectivity index (χ0n) is 11.9. The van der Waals surface area contributed by atoms with Crippen molar-refractivity contribution < 1.29 is 14.3 Å². The van der Waals surface area contributed by atoms with Gasteiger partial charge in [0.15, 0.2) is 0 Å². The highest BCUT2D eigenvalue weighted by atomic mass is 35.5. The number of ether oxygens (including phenoxy) is 1. The molecule has 2 amide bonds. The maximum atomic E-state index is 11.8. The van der Waals surface area contributed by atoms with Gasteiger partial charge >= 0.3 is 11.8 Å². The first kappa shape index (κ1) is 15.9. The lowest BCUT2D eigenvalue weighted by Crippen LogP contribution is -2.35. The van der Waals surface area contributed by atoms with Crippen LogP contribution in [0.2, 0.25) is 5.02 Å². The molecule has 0 radical (unpaired) electrons. The minimum atomic E-state index is -0.753. The van der Waals surface area contributed by atoms with E-state index in [1.807, 2.05) is 18.2 Å². The van der Waals surface area contributed by atoms with Gasteiger partial charge in [0.2, 0.25) is 0 Å². The molecule has 5 nitrogen and oxygen atoms in total. The van der Waals surface area contributed by atoms with Crippen molar-refractivity contribution in [2.45, 2.75) is 6.54 Å². The van der Waals surface area contributed by atoms with Crippen LogP contribution in [-0.2, 0) is 16.1 Å². The maximum Gasteiger partial charge on any atom is 0.313 e. The van der Waals surface area contributed by atoms with Crippen LogP contribution in [0.15, 0.2) is 48.5 Å². The third-order valence-electron chi connectivity index (χ3n) is 2.92. The summed E-state index contributed by atoms with van der Waals surface area (Å²) in [5.41, 5.74) is 1.25. The Labute approximate surface area is 133 Å². The zero-order valence-corrected chi connectivity index (χ0v) is 12.7. The van der Waals surface area contributed by atoms with Crippen LogP contribution in [0.4, 0.5) is 5.69 Å². The SMILES string of the molecule is COc1ccccc1CNC(=O)C(=O)Nc1cccc(Cl)c1. The van der Waals surface area contributed by atoms with Gasteiger partial charge in [0.1, 0.15) is 5.75 Å². The van der Waals surface area contributed by atoms with Crippen molar-refractivity contribution in [3.63, 3.8) is 0 Å². The number of hydrogen-bond acceptors (Lipinski definition) is 3. The second kappa shape index (κ2) is 7.47. The van der Waals surface area contributed by atoms with Gasteiger partial charge in [0.25, 0.3) is 0 Å². The number of nitrogens with one attached hydrogen (secondary N) is 2. The molecular formula is C16H15ClN2O3. The highest BCUT2D eigenvalue weighted by Crippen LogP contribution is 2.17. The van der Waals surface area contributed by atoms with E-state index in [9.17, 15) is 9.59 Å². The molecule has 0 aromatic heterocycles. The number of anilines is 1. The van der Waals surface area contributed by atoms with Crippen LogP contribution in [0.3, 0.4) is 0 Å². The van der Waals surface area contributed by atoms with Gasteiger partial charge in [-0.25, -0.2) is 0 Å². The van der Waals surface area contributed by atoms with Crippen molar-refractivity contribution in [1.29, 1.82) is 0 Å². The average molecular weight is 319 g/mol. The molecule has 0 aliphatic rings. The molecule has 0 heterocycles. The molecule has 0 saturated carbocycles. The first-order chi connectivity index (χ1) is 10.6. The first-order valence-corrected chi connectivity index (χ1v) is 6.94. The van der Waals surface area contributed by atoms with Gasteiger partial charge in [0.05, 0.1) is 7.11 Å². The number of rotatable bonds is 4. The molecule has 0 saturated heterocycles. The number of carbonyl (C=O) groups is 2. The van der Waals surface area contributed by atoms with Crippen LogP contribution in [-0.4, -0.2) is 18.9 Å². The zero-order chi connectivity index (χ0) is 15.9. The Hall–Kier alpha value is -2.53. The number of methoxy groups -OCH3 is 1. The summed E-state index contributed by atoms with van der Waals surface area (Å²) in [5, 5.41) is 5.50. The fraction of sp³-hybridized carbons (Fsp3) is 0.125. The topological polar surface area (TPSA) is 67.4 Å². The molecule has 0 aliphatic heterocycles. The van der Waals surface area contributed by atoms with E-state index in [-0.39, 0.29) is 6.54 Å². The number of hydrogen-bond donors (Lipinski definition) is 2. The third kappa shape index (κ3) is 4.23. The van der Waals surface area contributed by atoms with E-state index in [0.717, 1.165) is 5.56 Å². The highest BCUT2D eigenvalue weighted by molar-refractivity contribution is 6.39. The van der Waals surface area contributed by atoms with Crippen LogP contribution < -0.4 is 15.4 Å². The van der Waals surface area contributed by atoms with Crippen molar-refractivity contribution in [3.8, 4) is 5.75 Å². The Morgan fingerprint density at radius 2 is 1.86 bits per heavy atom. The van der Waals surface area contributed by atoms with Crippen molar-refractivity contribution in [2.75, 3.05) is 12.4 Å². The Morgan fingerprint density at radius 1 is 1.09 bits per heavy atom. The molecule has 0 bridgehead atoms. The predicted molar refractivity (Wildman–Crippen MR) is 84.9 cm³/mol. The van der Waals surface area contributed by atoms with Crippen molar-refractivity contribution >= 4 is 29.1 Å². The molecular weight excluding hydrogens is 304 g/mol. The van der Waals surface area contributed by atoms with Gasteiger partial charge in [-0.05, 0) is 24.3 Å². The lowest BCUT2D eigenvalue weighted by atomic mass is 10.2. The normalized spacial score (nSPS) is 9.91. The molecule has 22 heavy (non-hydrogen) atoms. The van der Waals surface area contributed by atoms with Gasteiger partial charge < -0.3 is 15.4 Å². The minimum absolute atomic E-state index is 0.200. The second-order valence-electron chi connectivity index (χ2n) is 4.46. The molecule has 0 unspecified atom stereocenters. The molecule has 2 rings (SSSR count). The summed E-state index contributed by atoms with van der Waals surface area (Å²) in [6.45, 7) is 0.200. The Kier molecular flexibility index (Phi) is 5.38. The van der Waals surface area contributed by atoms with E-state index < -0.39 is 11.8 Å². The summed E-state index contributed by atoms with van der Waals surface area (Å²) in [7, 11) is 1.55. The van der Waals surface area contributed by atoms with Gasteiger partial charge in [-0.3, -0.25) is 9.59 Å². The molecule has 2 N–H and O–H groups in total. The molecule has 0 aliphatic carbocycles. The molecule has 0 fully saturated rings. The fourth-order valence-corrected chi connectivity index (χ4v) is 2.05. The quantitative estimate of drug-likeness (QED) is 0.852. The Bertz CT molecular complexity index is 689. The van der Waals surface area contributed by atoms with Crippen LogP contribution in [0.5, 0.6) is 5.75 Å². The molecule has 2 aromatic carbocycles. The molecule has 6 heteroatoms. The van der Waals surface area contributed by atoms with Crippen molar-refractivity contribution in [3.05, 3.63) is 59.1 Å². The first-order valence-electron chi connectivity index (χ1n) is 6.57. The number of benzene rings is 2. The Morgan fingerprint density at radius 3 is 2.59 bits per heavy atom. The van der Waals surface area contributed by atoms with Gasteiger partial charge in [-0.2, -0.15) is 0 Å². The van der Waals surface area contributed by atoms with E-state index in [4.69, 9.17) is 16.3 Å². The van der Waals surface area contributed by atoms with Gasteiger partial charge in [-0.15, -0.1) is 0 Å². The summed E-state index contributed by atoms with van der Waals surface area (Å²) < 4.78 is 5.18. The van der Waals surface area contributed by atoms with E-state index >= 15 is 0 Å². The number of amides is 2. The summed E-state index contributed by atoms with van der Waals surface area (Å²) in [6.07, 6.45) is 0. The standard InChI is InChI=1S/C16H15ClN2O3/c1-22-14-8-3-2-5-11(14)10-18-15(20)16(21)19-13-7-4-6-12(17)9-13/h2-9H,10H2,1H3,(H,18,20)(H,19,21). The van der Waals surface area contributed by atoms with Gasteiger partial charge in [-0.1, -0.05) is 35.9 Å². The van der Waals surface area contributed by atoms with E-state index in [0.29, 0.717) is 16.5 Å². The summed E-state index contributed by atoms with van der Waals surface area (Å²) >= 11 is 5.82. The Balaban J connectivity index is 1.93. The van der Waals surface area contributed by atoms with Crippen LogP contribution in [0.1, 0.15) is 5.56 Å². The second-order valence-corrected chi connectivity index (χ2v) is 4.90. The van der Waals surface area contributed by atoms with Crippen LogP contribution in [0, 0.1) is 0 Å². The smallest absolute Gasteiger partial charge is 0.313 e. The molecule has 2 aromatic rings. The van der Waals surface area contributed by atoms with E-state index in [2.05, 4.69) is 10.6 Å². The lowest BCUT2D eigenvalue weighted by molar-refractivity contribution is -0.136.